The lowest BCUT2D eigenvalue weighted by Gasteiger charge is -2.05. The predicted molar refractivity (Wildman–Crippen MR) is 90.4 cm³/mol. The van der Waals surface area contributed by atoms with E-state index >= 15 is 0 Å². The zero-order chi connectivity index (χ0) is 15.5. The quantitative estimate of drug-likeness (QED) is 0.729. The summed E-state index contributed by atoms with van der Waals surface area (Å²) >= 11 is 18.6. The molecule has 22 heavy (non-hydrogen) atoms. The first-order chi connectivity index (χ1) is 10.5. The Kier molecular flexibility index (Phi) is 3.63. The fourth-order valence-electron chi connectivity index (χ4n) is 4.40. The van der Waals surface area contributed by atoms with Crippen molar-refractivity contribution >= 4 is 46.4 Å². The van der Waals surface area contributed by atoms with Crippen molar-refractivity contribution in [2.24, 2.45) is 29.6 Å². The SMILES string of the molecule is O=C(Nc1cccc(Cl)c1)C1[C@H]2CC[C@@H]3[C@H](CC[C@H]12)C3(Cl)Cl. The van der Waals surface area contributed by atoms with E-state index in [0.29, 0.717) is 28.7 Å². The summed E-state index contributed by atoms with van der Waals surface area (Å²) < 4.78 is -0.491. The number of alkyl halides is 2. The van der Waals surface area contributed by atoms with Gasteiger partial charge < -0.3 is 5.32 Å². The van der Waals surface area contributed by atoms with Gasteiger partial charge in [-0.15, -0.1) is 23.2 Å². The van der Waals surface area contributed by atoms with Gasteiger partial charge >= 0.3 is 0 Å². The number of anilines is 1. The summed E-state index contributed by atoms with van der Waals surface area (Å²) in [7, 11) is 0. The van der Waals surface area contributed by atoms with E-state index in [4.69, 9.17) is 34.8 Å². The molecule has 1 aromatic rings. The second kappa shape index (κ2) is 5.29. The minimum absolute atomic E-state index is 0.135. The predicted octanol–water partition coefficient (Wildman–Crippen LogP) is 5.13. The topological polar surface area (TPSA) is 29.1 Å². The van der Waals surface area contributed by atoms with Crippen LogP contribution in [0.1, 0.15) is 25.7 Å². The molecule has 5 heteroatoms. The third-order valence-corrected chi connectivity index (χ3v) is 7.07. The zero-order valence-corrected chi connectivity index (χ0v) is 14.3. The highest BCUT2D eigenvalue weighted by molar-refractivity contribution is 6.51. The Hall–Kier alpha value is -0.440. The van der Waals surface area contributed by atoms with Crippen LogP contribution in [0.25, 0.3) is 0 Å². The molecule has 5 atom stereocenters. The highest BCUT2D eigenvalue weighted by atomic mass is 35.5. The second-order valence-electron chi connectivity index (χ2n) is 6.90. The van der Waals surface area contributed by atoms with Gasteiger partial charge in [-0.25, -0.2) is 0 Å². The third-order valence-electron chi connectivity index (χ3n) is 5.71. The van der Waals surface area contributed by atoms with Crippen molar-refractivity contribution in [3.05, 3.63) is 29.3 Å². The molecule has 0 saturated heterocycles. The Labute approximate surface area is 145 Å². The molecule has 0 aromatic heterocycles. The van der Waals surface area contributed by atoms with Gasteiger partial charge in [-0.05, 0) is 67.6 Å². The van der Waals surface area contributed by atoms with Crippen LogP contribution in [0.5, 0.6) is 0 Å². The van der Waals surface area contributed by atoms with Gasteiger partial charge in [-0.3, -0.25) is 4.79 Å². The minimum Gasteiger partial charge on any atom is -0.326 e. The molecule has 0 radical (unpaired) electrons. The summed E-state index contributed by atoms with van der Waals surface area (Å²) in [4.78, 5) is 12.5. The van der Waals surface area contributed by atoms with E-state index in [1.54, 1.807) is 12.1 Å². The Bertz CT molecular complexity index is 596. The van der Waals surface area contributed by atoms with Gasteiger partial charge in [0.1, 0.15) is 4.33 Å². The minimum atomic E-state index is -0.491. The zero-order valence-electron chi connectivity index (χ0n) is 12.1. The van der Waals surface area contributed by atoms with E-state index in [1.807, 2.05) is 12.1 Å². The van der Waals surface area contributed by atoms with Crippen LogP contribution >= 0.6 is 34.8 Å². The maximum atomic E-state index is 12.5. The van der Waals surface area contributed by atoms with Crippen LogP contribution in [0, 0.1) is 29.6 Å². The van der Waals surface area contributed by atoms with Crippen LogP contribution in [0.3, 0.4) is 0 Å². The average Bonchev–Trinajstić information content (AvgIpc) is 3.23. The molecule has 3 aliphatic rings. The molecule has 1 N–H and O–H groups in total. The number of amides is 1. The van der Waals surface area contributed by atoms with E-state index in [0.717, 1.165) is 31.4 Å². The van der Waals surface area contributed by atoms with Gasteiger partial charge in [0.2, 0.25) is 5.91 Å². The third kappa shape index (κ3) is 2.53. The fraction of sp³-hybridized carbons (Fsp3) is 0.588. The number of carbonyl (C=O) groups is 1. The van der Waals surface area contributed by atoms with Crippen LogP contribution < -0.4 is 5.32 Å². The monoisotopic (exact) mass is 357 g/mol. The first kappa shape index (κ1) is 15.1. The average molecular weight is 359 g/mol. The van der Waals surface area contributed by atoms with Crippen molar-refractivity contribution in [2.45, 2.75) is 30.0 Å². The molecule has 0 aliphatic heterocycles. The van der Waals surface area contributed by atoms with E-state index < -0.39 is 4.33 Å². The van der Waals surface area contributed by atoms with E-state index in [9.17, 15) is 4.79 Å². The standard InChI is InChI=1S/C17H18Cl3NO/c18-9-2-1-3-10(8-9)21-16(22)15-11-4-6-13-14(17(13,19)20)7-5-12(11)15/h1-3,8,11-15H,4-7H2,(H,21,22)/t11-,12-,13-,14+,15?/m0/s1. The van der Waals surface area contributed by atoms with E-state index in [-0.39, 0.29) is 11.8 Å². The van der Waals surface area contributed by atoms with Crippen molar-refractivity contribution < 1.29 is 4.79 Å². The molecular weight excluding hydrogens is 341 g/mol. The molecule has 118 valence electrons. The largest absolute Gasteiger partial charge is 0.326 e. The van der Waals surface area contributed by atoms with Gasteiger partial charge in [0, 0.05) is 16.6 Å². The first-order valence-corrected chi connectivity index (χ1v) is 9.06. The molecule has 1 unspecified atom stereocenters. The molecule has 0 bridgehead atoms. The molecule has 3 saturated carbocycles. The maximum absolute atomic E-state index is 12.5. The van der Waals surface area contributed by atoms with Gasteiger partial charge in [-0.1, -0.05) is 17.7 Å². The number of carbonyl (C=O) groups excluding carboxylic acids is 1. The van der Waals surface area contributed by atoms with Crippen molar-refractivity contribution in [3.63, 3.8) is 0 Å². The molecule has 0 spiro atoms. The lowest BCUT2D eigenvalue weighted by molar-refractivity contribution is -0.117. The van der Waals surface area contributed by atoms with Gasteiger partial charge in [0.05, 0.1) is 0 Å². The molecule has 3 aliphatic carbocycles. The molecule has 1 aromatic carbocycles. The Morgan fingerprint density at radius 3 is 2.32 bits per heavy atom. The second-order valence-corrected chi connectivity index (χ2v) is 8.78. The van der Waals surface area contributed by atoms with E-state index in [1.165, 1.54) is 0 Å². The van der Waals surface area contributed by atoms with Gasteiger partial charge in [0.15, 0.2) is 0 Å². The number of benzene rings is 1. The summed E-state index contributed by atoms with van der Waals surface area (Å²) in [6.45, 7) is 0. The summed E-state index contributed by atoms with van der Waals surface area (Å²) in [6, 6.07) is 7.31. The normalized spacial score (nSPS) is 38.0. The summed E-state index contributed by atoms with van der Waals surface area (Å²) in [5, 5.41) is 3.64. The van der Waals surface area contributed by atoms with Crippen molar-refractivity contribution in [3.8, 4) is 0 Å². The number of hydrogen-bond acceptors (Lipinski definition) is 1. The number of hydrogen-bond donors (Lipinski definition) is 1. The maximum Gasteiger partial charge on any atom is 0.228 e. The molecule has 4 rings (SSSR count). The summed E-state index contributed by atoms with van der Waals surface area (Å²) in [5.74, 6) is 2.17. The molecule has 3 fully saturated rings. The highest BCUT2D eigenvalue weighted by Gasteiger charge is 2.65. The number of rotatable bonds is 2. The highest BCUT2D eigenvalue weighted by Crippen LogP contribution is 2.67. The Morgan fingerprint density at radius 2 is 1.73 bits per heavy atom. The van der Waals surface area contributed by atoms with Crippen LogP contribution in [0.4, 0.5) is 5.69 Å². The number of fused-ring (bicyclic) bond motifs is 2. The van der Waals surface area contributed by atoms with Crippen molar-refractivity contribution in [1.82, 2.24) is 0 Å². The first-order valence-electron chi connectivity index (χ1n) is 7.92. The summed E-state index contributed by atoms with van der Waals surface area (Å²) in [5.41, 5.74) is 0.778. The van der Waals surface area contributed by atoms with Crippen molar-refractivity contribution in [2.75, 3.05) is 5.32 Å². The fourth-order valence-corrected chi connectivity index (χ4v) is 5.51. The molecule has 2 nitrogen and oxygen atoms in total. The van der Waals surface area contributed by atoms with Crippen molar-refractivity contribution in [1.29, 1.82) is 0 Å². The Morgan fingerprint density at radius 1 is 1.09 bits per heavy atom. The molecular formula is C17H18Cl3NO. The van der Waals surface area contributed by atoms with Gasteiger partial charge in [-0.2, -0.15) is 0 Å². The smallest absolute Gasteiger partial charge is 0.228 e. The van der Waals surface area contributed by atoms with Crippen LogP contribution in [0.2, 0.25) is 5.02 Å². The van der Waals surface area contributed by atoms with Crippen LogP contribution in [-0.2, 0) is 4.79 Å². The lowest BCUT2D eigenvalue weighted by atomic mass is 10.0. The Balaban J connectivity index is 1.38. The van der Waals surface area contributed by atoms with Crippen LogP contribution in [0.15, 0.2) is 24.3 Å². The molecule has 1 amide bonds. The van der Waals surface area contributed by atoms with E-state index in [2.05, 4.69) is 5.32 Å². The van der Waals surface area contributed by atoms with Crippen LogP contribution in [-0.4, -0.2) is 10.2 Å². The number of halogens is 3. The lowest BCUT2D eigenvalue weighted by Crippen LogP contribution is -2.15. The molecule has 0 heterocycles. The van der Waals surface area contributed by atoms with Gasteiger partial charge in [0.25, 0.3) is 0 Å². The number of nitrogens with one attached hydrogen (secondary N) is 1. The summed E-state index contributed by atoms with van der Waals surface area (Å²) in [6.07, 6.45) is 4.25.